The SMILES string of the molecule is CCNC(=NCc1ccc(Cl)cc1)NCCCC(=O)N1CCc2ccccc2C1.I. The minimum absolute atomic E-state index is 0. The minimum Gasteiger partial charge on any atom is -0.357 e. The van der Waals surface area contributed by atoms with Crippen molar-refractivity contribution in [1.29, 1.82) is 0 Å². The maximum absolute atomic E-state index is 12.6. The van der Waals surface area contributed by atoms with Crippen molar-refractivity contribution >= 4 is 47.4 Å². The van der Waals surface area contributed by atoms with Crippen molar-refractivity contribution in [3.8, 4) is 0 Å². The number of fused-ring (bicyclic) bond motifs is 1. The third-order valence-electron chi connectivity index (χ3n) is 5.02. The van der Waals surface area contributed by atoms with Gasteiger partial charge in [0.1, 0.15) is 0 Å². The summed E-state index contributed by atoms with van der Waals surface area (Å²) in [5.41, 5.74) is 3.74. The minimum atomic E-state index is 0. The highest BCUT2D eigenvalue weighted by Crippen LogP contribution is 2.19. The summed E-state index contributed by atoms with van der Waals surface area (Å²) in [6, 6.07) is 16.1. The van der Waals surface area contributed by atoms with E-state index < -0.39 is 0 Å². The molecular weight excluding hydrogens is 511 g/mol. The molecule has 1 amide bonds. The number of guanidine groups is 1. The first-order chi connectivity index (χ1) is 14.2. The summed E-state index contributed by atoms with van der Waals surface area (Å²) in [7, 11) is 0. The molecule has 0 atom stereocenters. The van der Waals surface area contributed by atoms with Gasteiger partial charge < -0.3 is 15.5 Å². The summed E-state index contributed by atoms with van der Waals surface area (Å²) < 4.78 is 0. The Bertz CT molecular complexity index is 841. The average Bonchev–Trinajstić information content (AvgIpc) is 2.75. The molecule has 30 heavy (non-hydrogen) atoms. The number of benzene rings is 2. The van der Waals surface area contributed by atoms with Crippen LogP contribution in [0.25, 0.3) is 0 Å². The standard InChI is InChI=1S/C23H29ClN4O.HI/c1-2-25-23(27-16-18-9-11-21(24)12-10-18)26-14-5-8-22(29)28-15-13-19-6-3-4-7-20(19)17-28;/h3-4,6-7,9-12H,2,5,8,13-17H2,1H3,(H2,25,26,27);1H. The number of nitrogens with one attached hydrogen (secondary N) is 2. The molecule has 0 aromatic heterocycles. The summed E-state index contributed by atoms with van der Waals surface area (Å²) in [6.45, 7) is 5.67. The van der Waals surface area contributed by atoms with Gasteiger partial charge in [-0.05, 0) is 48.6 Å². The second-order valence-electron chi connectivity index (χ2n) is 7.19. The van der Waals surface area contributed by atoms with Crippen LogP contribution in [0.3, 0.4) is 0 Å². The molecule has 1 aliphatic rings. The average molecular weight is 541 g/mol. The summed E-state index contributed by atoms with van der Waals surface area (Å²) in [5, 5.41) is 7.29. The molecule has 0 spiro atoms. The maximum atomic E-state index is 12.6. The Kier molecular flexibility index (Phi) is 10.4. The number of aliphatic imine (C=N–C) groups is 1. The number of amides is 1. The van der Waals surface area contributed by atoms with Crippen molar-refractivity contribution in [2.24, 2.45) is 4.99 Å². The zero-order valence-electron chi connectivity index (χ0n) is 17.4. The van der Waals surface area contributed by atoms with Gasteiger partial charge in [0, 0.05) is 37.6 Å². The first-order valence-corrected chi connectivity index (χ1v) is 10.6. The second-order valence-corrected chi connectivity index (χ2v) is 7.62. The van der Waals surface area contributed by atoms with E-state index in [1.54, 1.807) is 0 Å². The Morgan fingerprint density at radius 3 is 2.57 bits per heavy atom. The summed E-state index contributed by atoms with van der Waals surface area (Å²) in [4.78, 5) is 19.1. The predicted molar refractivity (Wildman–Crippen MR) is 134 cm³/mol. The molecule has 162 valence electrons. The van der Waals surface area contributed by atoms with Gasteiger partial charge in [0.05, 0.1) is 6.54 Å². The molecule has 0 saturated carbocycles. The predicted octanol–water partition coefficient (Wildman–Crippen LogP) is 4.38. The van der Waals surface area contributed by atoms with Gasteiger partial charge in [0.2, 0.25) is 5.91 Å². The van der Waals surface area contributed by atoms with Crippen LogP contribution >= 0.6 is 35.6 Å². The van der Waals surface area contributed by atoms with Crippen molar-refractivity contribution in [2.45, 2.75) is 39.3 Å². The molecule has 3 rings (SSSR count). The van der Waals surface area contributed by atoms with Crippen molar-refractivity contribution in [3.05, 3.63) is 70.2 Å². The summed E-state index contributed by atoms with van der Waals surface area (Å²) >= 11 is 5.92. The van der Waals surface area contributed by atoms with E-state index >= 15 is 0 Å². The van der Waals surface area contributed by atoms with Gasteiger partial charge in [-0.15, -0.1) is 24.0 Å². The molecule has 0 saturated heterocycles. The van der Waals surface area contributed by atoms with Gasteiger partial charge >= 0.3 is 0 Å². The third-order valence-corrected chi connectivity index (χ3v) is 5.27. The van der Waals surface area contributed by atoms with Gasteiger partial charge in [0.25, 0.3) is 0 Å². The number of hydrogen-bond donors (Lipinski definition) is 2. The molecule has 2 aromatic carbocycles. The van der Waals surface area contributed by atoms with Crippen LogP contribution < -0.4 is 10.6 Å². The quantitative estimate of drug-likeness (QED) is 0.237. The molecule has 0 unspecified atom stereocenters. The van der Waals surface area contributed by atoms with Crippen molar-refractivity contribution in [2.75, 3.05) is 19.6 Å². The normalized spacial score (nSPS) is 13.3. The lowest BCUT2D eigenvalue weighted by Gasteiger charge is -2.29. The van der Waals surface area contributed by atoms with Crippen LogP contribution in [0.5, 0.6) is 0 Å². The van der Waals surface area contributed by atoms with Crippen LogP contribution in [-0.2, 0) is 24.3 Å². The molecule has 0 fully saturated rings. The summed E-state index contributed by atoms with van der Waals surface area (Å²) in [5.74, 6) is 0.992. The Morgan fingerprint density at radius 1 is 1.10 bits per heavy atom. The van der Waals surface area contributed by atoms with Crippen LogP contribution in [-0.4, -0.2) is 36.4 Å². The van der Waals surface area contributed by atoms with Crippen LogP contribution in [0.2, 0.25) is 5.02 Å². The van der Waals surface area contributed by atoms with Gasteiger partial charge in [-0.1, -0.05) is 48.0 Å². The fraction of sp³-hybridized carbons (Fsp3) is 0.391. The Hall–Kier alpha value is -1.80. The van der Waals surface area contributed by atoms with Crippen molar-refractivity contribution in [1.82, 2.24) is 15.5 Å². The lowest BCUT2D eigenvalue weighted by Crippen LogP contribution is -2.39. The largest absolute Gasteiger partial charge is 0.357 e. The highest BCUT2D eigenvalue weighted by molar-refractivity contribution is 14.0. The van der Waals surface area contributed by atoms with E-state index in [-0.39, 0.29) is 29.9 Å². The van der Waals surface area contributed by atoms with E-state index in [9.17, 15) is 4.79 Å². The van der Waals surface area contributed by atoms with E-state index in [1.165, 1.54) is 11.1 Å². The Balaban J connectivity index is 0.00000320. The number of carbonyl (C=O) groups excluding carboxylic acids is 1. The third kappa shape index (κ3) is 7.47. The number of rotatable bonds is 7. The topological polar surface area (TPSA) is 56.7 Å². The zero-order valence-corrected chi connectivity index (χ0v) is 20.5. The monoisotopic (exact) mass is 540 g/mol. The van der Waals surface area contributed by atoms with E-state index in [0.717, 1.165) is 49.0 Å². The first-order valence-electron chi connectivity index (χ1n) is 10.3. The van der Waals surface area contributed by atoms with Crippen LogP contribution in [0.4, 0.5) is 0 Å². The van der Waals surface area contributed by atoms with Gasteiger partial charge in [-0.2, -0.15) is 0 Å². The van der Waals surface area contributed by atoms with E-state index in [4.69, 9.17) is 11.6 Å². The van der Waals surface area contributed by atoms with Gasteiger partial charge in [-0.3, -0.25) is 4.79 Å². The van der Waals surface area contributed by atoms with E-state index in [1.807, 2.05) is 42.2 Å². The highest BCUT2D eigenvalue weighted by atomic mass is 127. The second kappa shape index (κ2) is 12.8. The fourth-order valence-corrected chi connectivity index (χ4v) is 3.54. The molecule has 1 heterocycles. The maximum Gasteiger partial charge on any atom is 0.222 e. The van der Waals surface area contributed by atoms with Crippen LogP contribution in [0.15, 0.2) is 53.5 Å². The number of carbonyl (C=O) groups is 1. The van der Waals surface area contributed by atoms with Crippen molar-refractivity contribution < 1.29 is 4.79 Å². The molecular formula is C23H30ClIN4O. The smallest absolute Gasteiger partial charge is 0.222 e. The lowest BCUT2D eigenvalue weighted by atomic mass is 9.99. The van der Waals surface area contributed by atoms with Crippen LogP contribution in [0, 0.1) is 0 Å². The number of nitrogens with zero attached hydrogens (tertiary/aromatic N) is 2. The van der Waals surface area contributed by atoms with Crippen LogP contribution in [0.1, 0.15) is 36.5 Å². The van der Waals surface area contributed by atoms with E-state index in [0.29, 0.717) is 19.5 Å². The molecule has 5 nitrogen and oxygen atoms in total. The molecule has 1 aliphatic heterocycles. The summed E-state index contributed by atoms with van der Waals surface area (Å²) in [6.07, 6.45) is 2.27. The fourth-order valence-electron chi connectivity index (χ4n) is 3.42. The molecule has 2 N–H and O–H groups in total. The number of hydrogen-bond acceptors (Lipinski definition) is 2. The molecule has 0 bridgehead atoms. The molecule has 7 heteroatoms. The van der Waals surface area contributed by atoms with Gasteiger partial charge in [-0.25, -0.2) is 4.99 Å². The van der Waals surface area contributed by atoms with Gasteiger partial charge in [0.15, 0.2) is 5.96 Å². The van der Waals surface area contributed by atoms with Crippen molar-refractivity contribution in [3.63, 3.8) is 0 Å². The lowest BCUT2D eigenvalue weighted by molar-refractivity contribution is -0.132. The molecule has 0 radical (unpaired) electrons. The highest BCUT2D eigenvalue weighted by Gasteiger charge is 2.19. The molecule has 2 aromatic rings. The first kappa shape index (κ1) is 24.5. The zero-order chi connectivity index (χ0) is 20.5. The Labute approximate surface area is 201 Å². The Morgan fingerprint density at radius 2 is 1.83 bits per heavy atom. The molecule has 0 aliphatic carbocycles. The van der Waals surface area contributed by atoms with E-state index in [2.05, 4.69) is 33.8 Å². The number of halogens is 2.